The molecule has 1 atom stereocenters. The van der Waals surface area contributed by atoms with Gasteiger partial charge in [-0.25, -0.2) is 4.98 Å². The molecule has 4 nitrogen and oxygen atoms in total. The number of aromatic nitrogens is 2. The van der Waals surface area contributed by atoms with Crippen molar-refractivity contribution in [1.29, 1.82) is 0 Å². The molecule has 1 unspecified atom stereocenters. The van der Waals surface area contributed by atoms with Crippen molar-refractivity contribution in [2.75, 3.05) is 5.33 Å². The lowest BCUT2D eigenvalue weighted by molar-refractivity contribution is 0.102. The minimum Gasteiger partial charge on any atom is -0.465 e. The summed E-state index contributed by atoms with van der Waals surface area (Å²) in [6, 6.07) is 14.0. The number of carbonyl (C=O) groups excluding carboxylic acids is 1. The van der Waals surface area contributed by atoms with Crippen LogP contribution in [0, 0.1) is 0 Å². The second-order valence-electron chi connectivity index (χ2n) is 7.88. The number of ketones is 1. The number of rotatable bonds is 3. The van der Waals surface area contributed by atoms with Gasteiger partial charge in [-0.05, 0) is 39.0 Å². The predicted octanol–water partition coefficient (Wildman–Crippen LogP) is 6.13. The van der Waals surface area contributed by atoms with Crippen LogP contribution in [0.4, 0.5) is 0 Å². The van der Waals surface area contributed by atoms with E-state index in [9.17, 15) is 4.79 Å². The van der Waals surface area contributed by atoms with Gasteiger partial charge in [0.25, 0.3) is 0 Å². The third-order valence-corrected chi connectivity index (χ3v) is 6.05. The average molecular weight is 504 g/mol. The Morgan fingerprint density at radius 2 is 1.89 bits per heavy atom. The van der Waals surface area contributed by atoms with Gasteiger partial charge in [-0.2, -0.15) is 0 Å². The number of benzene rings is 2. The lowest BCUT2D eigenvalue weighted by Crippen LogP contribution is -2.23. The quantitative estimate of drug-likeness (QED) is 0.319. The average Bonchev–Trinajstić information content (AvgIpc) is 3.07. The molecule has 6 heteroatoms. The number of hydrogen-bond acceptors (Lipinski definition) is 3. The molecular formula is C22H20Br2N2O2. The highest BCUT2D eigenvalue weighted by molar-refractivity contribution is 9.10. The third-order valence-electron chi connectivity index (χ3n) is 4.95. The van der Waals surface area contributed by atoms with Crippen molar-refractivity contribution in [1.82, 2.24) is 9.55 Å². The van der Waals surface area contributed by atoms with Crippen LogP contribution in [0.25, 0.3) is 11.4 Å². The van der Waals surface area contributed by atoms with E-state index >= 15 is 0 Å². The van der Waals surface area contributed by atoms with Crippen LogP contribution in [0.5, 0.6) is 5.75 Å². The van der Waals surface area contributed by atoms with E-state index < -0.39 is 0 Å². The number of imidazole rings is 1. The Morgan fingerprint density at radius 1 is 1.18 bits per heavy atom. The number of carbonyl (C=O) groups is 1. The fourth-order valence-corrected chi connectivity index (χ4v) is 4.14. The van der Waals surface area contributed by atoms with Crippen molar-refractivity contribution in [2.24, 2.45) is 0 Å². The largest absolute Gasteiger partial charge is 0.465 e. The monoisotopic (exact) mass is 502 g/mol. The molecule has 4 rings (SSSR count). The first-order valence-corrected chi connectivity index (χ1v) is 10.9. The van der Waals surface area contributed by atoms with E-state index in [1.54, 1.807) is 6.20 Å². The number of halogens is 2. The highest BCUT2D eigenvalue weighted by Gasteiger charge is 2.30. The summed E-state index contributed by atoms with van der Waals surface area (Å²) >= 11 is 6.83. The molecule has 0 aliphatic carbocycles. The number of nitrogens with zero attached hydrogens (tertiary/aromatic N) is 2. The molecule has 1 aromatic heterocycles. The van der Waals surface area contributed by atoms with Gasteiger partial charge in [0.05, 0.1) is 17.1 Å². The van der Waals surface area contributed by atoms with Crippen LogP contribution in [0.15, 0.2) is 53.3 Å². The molecule has 0 saturated heterocycles. The van der Waals surface area contributed by atoms with E-state index in [4.69, 9.17) is 4.74 Å². The number of hydrogen-bond donors (Lipinski definition) is 0. The molecule has 2 aromatic carbocycles. The molecule has 0 N–H and O–H groups in total. The lowest BCUT2D eigenvalue weighted by Gasteiger charge is -2.30. The summed E-state index contributed by atoms with van der Waals surface area (Å²) in [6.45, 7) is 6.59. The number of alkyl halides is 1. The van der Waals surface area contributed by atoms with Gasteiger partial charge in [-0.1, -0.05) is 67.0 Å². The van der Waals surface area contributed by atoms with E-state index in [1.807, 2.05) is 22.8 Å². The van der Waals surface area contributed by atoms with Crippen molar-refractivity contribution < 1.29 is 9.53 Å². The van der Waals surface area contributed by atoms with Gasteiger partial charge in [0.2, 0.25) is 6.23 Å². The molecular weight excluding hydrogens is 484 g/mol. The second kappa shape index (κ2) is 7.16. The van der Waals surface area contributed by atoms with Crippen molar-refractivity contribution in [2.45, 2.75) is 32.4 Å². The molecule has 0 spiro atoms. The van der Waals surface area contributed by atoms with Crippen LogP contribution in [0.3, 0.4) is 0 Å². The summed E-state index contributed by atoms with van der Waals surface area (Å²) < 4.78 is 9.24. The molecule has 1 aliphatic rings. The molecule has 3 aromatic rings. The van der Waals surface area contributed by atoms with E-state index in [1.165, 1.54) is 5.56 Å². The summed E-state index contributed by atoms with van der Waals surface area (Å²) in [6.07, 6.45) is 1.42. The molecule has 0 bridgehead atoms. The fraction of sp³-hybridized carbons (Fsp3) is 0.273. The first-order chi connectivity index (χ1) is 13.3. The normalized spacial score (nSPS) is 15.5. The molecule has 0 amide bonds. The molecule has 0 saturated carbocycles. The maximum absolute atomic E-state index is 12.1. The zero-order valence-electron chi connectivity index (χ0n) is 15.9. The summed E-state index contributed by atoms with van der Waals surface area (Å²) in [4.78, 5) is 16.7. The SMILES string of the molecule is CC(C)(C)c1ccc(C2Oc3cc(C(=O)CBr)ccc3-c3ncc(Br)n32)cc1. The van der Waals surface area contributed by atoms with Crippen LogP contribution in [0.1, 0.15) is 48.5 Å². The molecule has 0 fully saturated rings. The highest BCUT2D eigenvalue weighted by atomic mass is 79.9. The Balaban J connectivity index is 1.80. The van der Waals surface area contributed by atoms with Gasteiger partial charge in [0, 0.05) is 11.1 Å². The van der Waals surface area contributed by atoms with Crippen LogP contribution in [0.2, 0.25) is 0 Å². The van der Waals surface area contributed by atoms with E-state index in [0.29, 0.717) is 11.3 Å². The van der Waals surface area contributed by atoms with Crippen molar-refractivity contribution in [3.05, 3.63) is 70.0 Å². The Kier molecular flexibility index (Phi) is 4.96. The first-order valence-electron chi connectivity index (χ1n) is 9.03. The van der Waals surface area contributed by atoms with Gasteiger partial charge in [0.1, 0.15) is 16.2 Å². The van der Waals surface area contributed by atoms with E-state index in [-0.39, 0.29) is 22.8 Å². The van der Waals surface area contributed by atoms with E-state index in [2.05, 4.69) is 81.9 Å². The third kappa shape index (κ3) is 3.33. The topological polar surface area (TPSA) is 44.1 Å². The standard InChI is InChI=1S/C22H20Br2N2O2/c1-22(2,3)15-7-4-13(5-8-15)21-26-19(24)12-25-20(26)16-9-6-14(17(27)11-23)10-18(16)28-21/h4-10,12,21H,11H2,1-3H3. The van der Waals surface area contributed by atoms with Crippen LogP contribution in [-0.4, -0.2) is 20.7 Å². The van der Waals surface area contributed by atoms with E-state index in [0.717, 1.165) is 21.6 Å². The highest BCUT2D eigenvalue weighted by Crippen LogP contribution is 2.42. The fourth-order valence-electron chi connectivity index (χ4n) is 3.36. The molecule has 28 heavy (non-hydrogen) atoms. The summed E-state index contributed by atoms with van der Waals surface area (Å²) in [7, 11) is 0. The Morgan fingerprint density at radius 3 is 2.54 bits per heavy atom. The van der Waals surface area contributed by atoms with Crippen molar-refractivity contribution >= 4 is 37.6 Å². The predicted molar refractivity (Wildman–Crippen MR) is 117 cm³/mol. The minimum atomic E-state index is -0.359. The zero-order valence-corrected chi connectivity index (χ0v) is 19.0. The maximum Gasteiger partial charge on any atom is 0.204 e. The zero-order chi connectivity index (χ0) is 20.1. The van der Waals surface area contributed by atoms with Crippen LogP contribution >= 0.6 is 31.9 Å². The Bertz CT molecular complexity index is 1050. The Hall–Kier alpha value is -1.92. The molecule has 2 heterocycles. The van der Waals surface area contributed by atoms with Gasteiger partial charge >= 0.3 is 0 Å². The summed E-state index contributed by atoms with van der Waals surface area (Å²) in [5, 5.41) is 0.281. The maximum atomic E-state index is 12.1. The smallest absolute Gasteiger partial charge is 0.204 e. The van der Waals surface area contributed by atoms with Gasteiger partial charge in [0.15, 0.2) is 5.78 Å². The first kappa shape index (κ1) is 19.4. The lowest BCUT2D eigenvalue weighted by atomic mass is 9.86. The van der Waals surface area contributed by atoms with Gasteiger partial charge < -0.3 is 4.74 Å². The van der Waals surface area contributed by atoms with Crippen molar-refractivity contribution in [3.63, 3.8) is 0 Å². The van der Waals surface area contributed by atoms with Crippen LogP contribution in [-0.2, 0) is 5.41 Å². The second-order valence-corrected chi connectivity index (χ2v) is 9.26. The number of fused-ring (bicyclic) bond motifs is 3. The molecule has 0 radical (unpaired) electrons. The van der Waals surface area contributed by atoms with Crippen molar-refractivity contribution in [3.8, 4) is 17.1 Å². The summed E-state index contributed by atoms with van der Waals surface area (Å²) in [5.41, 5.74) is 3.87. The van der Waals surface area contributed by atoms with Gasteiger partial charge in [-0.15, -0.1) is 0 Å². The Labute approximate surface area is 181 Å². The molecule has 144 valence electrons. The van der Waals surface area contributed by atoms with Crippen LogP contribution < -0.4 is 4.74 Å². The van der Waals surface area contributed by atoms with Gasteiger partial charge in [-0.3, -0.25) is 9.36 Å². The minimum absolute atomic E-state index is 0.0209. The summed E-state index contributed by atoms with van der Waals surface area (Å²) in [5.74, 6) is 1.51. The number of ether oxygens (including phenoxy) is 1. The molecule has 1 aliphatic heterocycles. The number of Topliss-reactive ketones (excluding diaryl/α,β-unsaturated/α-hetero) is 1.